The van der Waals surface area contributed by atoms with E-state index in [1.165, 1.54) is 23.4 Å². The lowest BCUT2D eigenvalue weighted by atomic mass is 9.98. The third kappa shape index (κ3) is 7.50. The number of carbonyl (C=O) groups is 1. The molecule has 13 nitrogen and oxygen atoms in total. The quantitative estimate of drug-likeness (QED) is 0.240. The molecular weight excluding hydrogens is 497 g/mol. The zero-order valence-electron chi connectivity index (χ0n) is 21.5. The van der Waals surface area contributed by atoms with Crippen molar-refractivity contribution >= 4 is 23.4 Å². The molecule has 0 aromatic carbocycles. The fourth-order valence-electron chi connectivity index (χ4n) is 3.60. The molecule has 0 radical (unpaired) electrons. The van der Waals surface area contributed by atoms with E-state index < -0.39 is 24.0 Å². The van der Waals surface area contributed by atoms with Crippen LogP contribution in [0, 0.1) is 23.1 Å². The maximum Gasteiger partial charge on any atom is 0.404 e. The molecule has 38 heavy (non-hydrogen) atoms. The number of amides is 1. The van der Waals surface area contributed by atoms with Gasteiger partial charge >= 0.3 is 6.09 Å². The molecule has 0 bridgehead atoms. The monoisotopic (exact) mass is 527 g/mol. The molecule has 4 N–H and O–H groups in total. The third-order valence-corrected chi connectivity index (χ3v) is 5.35. The van der Waals surface area contributed by atoms with Crippen LogP contribution in [-0.4, -0.2) is 68.6 Å². The minimum Gasteiger partial charge on any atom is -0.474 e. The van der Waals surface area contributed by atoms with Crippen molar-refractivity contribution in [2.45, 2.75) is 39.3 Å². The average molecular weight is 528 g/mol. The van der Waals surface area contributed by atoms with Crippen LogP contribution in [0.25, 0.3) is 5.69 Å². The molecule has 2 atom stereocenters. The van der Waals surface area contributed by atoms with Gasteiger partial charge in [0.15, 0.2) is 17.5 Å². The first kappa shape index (κ1) is 28.1. The number of nitrogens with one attached hydrogen (secondary N) is 3. The van der Waals surface area contributed by atoms with Crippen LogP contribution in [0.5, 0.6) is 5.88 Å². The number of nitrogens with zero attached hydrogens (tertiary/aromatic N) is 6. The Morgan fingerprint density at radius 3 is 2.58 bits per heavy atom. The Balaban J connectivity index is 1.93. The summed E-state index contributed by atoms with van der Waals surface area (Å²) >= 11 is 0. The number of hydrogen-bond donors (Lipinski definition) is 4. The summed E-state index contributed by atoms with van der Waals surface area (Å²) in [5.41, 5.74) is 0.794. The van der Waals surface area contributed by atoms with Crippen molar-refractivity contribution in [3.63, 3.8) is 0 Å². The number of aromatic nitrogens is 5. The summed E-state index contributed by atoms with van der Waals surface area (Å²) in [5, 5.41) is 35.4. The number of methoxy groups -OCH3 is 1. The molecule has 0 spiro atoms. The van der Waals surface area contributed by atoms with E-state index in [2.05, 4.69) is 36.1 Å². The maximum atomic E-state index is 14.9. The van der Waals surface area contributed by atoms with E-state index in [1.54, 1.807) is 20.1 Å². The topological polar surface area (TPSA) is 172 Å². The van der Waals surface area contributed by atoms with Gasteiger partial charge in [-0.05, 0) is 31.4 Å². The molecule has 3 heterocycles. The Bertz CT molecular complexity index is 1260. The molecule has 202 valence electrons. The first-order chi connectivity index (χ1) is 18.2. The van der Waals surface area contributed by atoms with Gasteiger partial charge in [0, 0.05) is 19.2 Å². The van der Waals surface area contributed by atoms with Gasteiger partial charge in [-0.1, -0.05) is 13.8 Å². The van der Waals surface area contributed by atoms with Crippen LogP contribution in [0.1, 0.15) is 32.8 Å². The minimum atomic E-state index is -1.19. The van der Waals surface area contributed by atoms with E-state index in [0.717, 1.165) is 6.07 Å². The largest absolute Gasteiger partial charge is 0.474 e. The predicted molar refractivity (Wildman–Crippen MR) is 136 cm³/mol. The zero-order chi connectivity index (χ0) is 27.7. The fraction of sp³-hybridized carbons (Fsp3) is 0.417. The van der Waals surface area contributed by atoms with Crippen molar-refractivity contribution in [3.8, 4) is 17.6 Å². The number of pyridine rings is 2. The third-order valence-electron chi connectivity index (χ3n) is 5.35. The Hall–Kier alpha value is -4.51. The number of nitriles is 1. The van der Waals surface area contributed by atoms with Crippen molar-refractivity contribution in [1.82, 2.24) is 30.3 Å². The van der Waals surface area contributed by atoms with Gasteiger partial charge in [0.25, 0.3) is 0 Å². The van der Waals surface area contributed by atoms with Crippen molar-refractivity contribution in [2.75, 3.05) is 31.0 Å². The van der Waals surface area contributed by atoms with Crippen molar-refractivity contribution in [2.24, 2.45) is 5.92 Å². The smallest absolute Gasteiger partial charge is 0.404 e. The van der Waals surface area contributed by atoms with Crippen LogP contribution >= 0.6 is 0 Å². The van der Waals surface area contributed by atoms with E-state index in [9.17, 15) is 14.4 Å². The highest BCUT2D eigenvalue weighted by atomic mass is 19.1. The minimum absolute atomic E-state index is 0.0376. The molecule has 0 aliphatic rings. The average Bonchev–Trinajstić information content (AvgIpc) is 3.40. The van der Waals surface area contributed by atoms with Gasteiger partial charge in [0.2, 0.25) is 5.88 Å². The molecule has 0 saturated heterocycles. The molecule has 1 amide bonds. The van der Waals surface area contributed by atoms with Gasteiger partial charge in [0.1, 0.15) is 18.4 Å². The van der Waals surface area contributed by atoms with Crippen LogP contribution in [0.3, 0.4) is 0 Å². The summed E-state index contributed by atoms with van der Waals surface area (Å²) in [7, 11) is 1.56. The Labute approximate surface area is 219 Å². The number of hydrogen-bond acceptors (Lipinski definition) is 10. The highest BCUT2D eigenvalue weighted by molar-refractivity contribution is 5.67. The number of carboxylic acid groups (broad SMARTS) is 1. The first-order valence-corrected chi connectivity index (χ1v) is 11.8. The van der Waals surface area contributed by atoms with Crippen LogP contribution in [0.4, 0.5) is 26.5 Å². The summed E-state index contributed by atoms with van der Waals surface area (Å²) < 4.78 is 25.6. The Morgan fingerprint density at radius 2 is 1.95 bits per heavy atom. The molecule has 0 fully saturated rings. The standard InChI is InChI=1S/C24H30FN9O4/c1-14(2)9-19(15(3)30-24(35)36)32-22-18(25)10-16(12-26)21(33-22)31-17-11-20(34-28-5-6-29-34)23(27-13-17)38-8-7-37-4/h5-6,10-11,13-15,19,30H,7-9H2,1-4H3,(H,35,36)(H2,31,32,33)/t15-,19-/m0/s1. The van der Waals surface area contributed by atoms with Gasteiger partial charge in [-0.3, -0.25) is 0 Å². The molecule has 3 aromatic heterocycles. The summed E-state index contributed by atoms with van der Waals surface area (Å²) in [4.78, 5) is 21.1. The van der Waals surface area contributed by atoms with E-state index >= 15 is 0 Å². The van der Waals surface area contributed by atoms with Gasteiger partial charge in [-0.25, -0.2) is 19.2 Å². The number of halogens is 1. The molecule has 3 rings (SSSR count). The van der Waals surface area contributed by atoms with E-state index in [0.29, 0.717) is 24.4 Å². The van der Waals surface area contributed by atoms with Crippen LogP contribution in [-0.2, 0) is 4.74 Å². The maximum absolute atomic E-state index is 14.9. The molecule has 0 aliphatic heterocycles. The highest BCUT2D eigenvalue weighted by Crippen LogP contribution is 2.28. The molecule has 0 saturated carbocycles. The van der Waals surface area contributed by atoms with Gasteiger partial charge in [0.05, 0.1) is 36.4 Å². The predicted octanol–water partition coefficient (Wildman–Crippen LogP) is 3.32. The van der Waals surface area contributed by atoms with Gasteiger partial charge in [-0.15, -0.1) is 4.80 Å². The van der Waals surface area contributed by atoms with Gasteiger partial charge < -0.3 is 30.5 Å². The van der Waals surface area contributed by atoms with Crippen LogP contribution < -0.4 is 20.7 Å². The number of ether oxygens (including phenoxy) is 2. The van der Waals surface area contributed by atoms with Crippen LogP contribution in [0.2, 0.25) is 0 Å². The lowest BCUT2D eigenvalue weighted by Crippen LogP contribution is -2.45. The molecule has 0 unspecified atom stereocenters. The van der Waals surface area contributed by atoms with E-state index in [1.807, 2.05) is 19.9 Å². The lowest BCUT2D eigenvalue weighted by molar-refractivity contribution is 0.143. The normalized spacial score (nSPS) is 12.4. The first-order valence-electron chi connectivity index (χ1n) is 11.8. The van der Waals surface area contributed by atoms with Crippen molar-refractivity contribution in [1.29, 1.82) is 5.26 Å². The summed E-state index contributed by atoms with van der Waals surface area (Å²) in [6.45, 7) is 6.23. The fourth-order valence-corrected chi connectivity index (χ4v) is 3.60. The lowest BCUT2D eigenvalue weighted by Gasteiger charge is -2.27. The summed E-state index contributed by atoms with van der Waals surface area (Å²) in [6.07, 6.45) is 3.82. The SMILES string of the molecule is COCCOc1ncc(Nc2nc(N[C@@H](CC(C)C)[C@H](C)NC(=O)O)c(F)cc2C#N)cc1-n1nccn1. The van der Waals surface area contributed by atoms with Gasteiger partial charge in [-0.2, -0.15) is 15.5 Å². The number of rotatable bonds is 13. The molecular formula is C24H30FN9O4. The Morgan fingerprint density at radius 1 is 1.21 bits per heavy atom. The summed E-state index contributed by atoms with van der Waals surface area (Å²) in [6, 6.07) is 3.64. The van der Waals surface area contributed by atoms with E-state index in [-0.39, 0.29) is 35.6 Å². The summed E-state index contributed by atoms with van der Waals surface area (Å²) in [5.74, 6) is -0.347. The van der Waals surface area contributed by atoms with Crippen LogP contribution in [0.15, 0.2) is 30.7 Å². The van der Waals surface area contributed by atoms with Crippen molar-refractivity contribution in [3.05, 3.63) is 42.1 Å². The Kier molecular flexibility index (Phi) is 9.72. The molecule has 14 heteroatoms. The molecule has 0 aliphatic carbocycles. The second kappa shape index (κ2) is 13.2. The zero-order valence-corrected chi connectivity index (χ0v) is 21.5. The number of anilines is 3. The second-order valence-electron chi connectivity index (χ2n) is 8.78. The highest BCUT2D eigenvalue weighted by Gasteiger charge is 2.23. The van der Waals surface area contributed by atoms with Crippen molar-refractivity contribution < 1.29 is 23.8 Å². The molecule has 3 aromatic rings. The van der Waals surface area contributed by atoms with E-state index in [4.69, 9.17) is 14.6 Å². The second-order valence-corrected chi connectivity index (χ2v) is 8.78.